The number of hydrogen-bond acceptors (Lipinski definition) is 6. The maximum atomic E-state index is 11.4. The van der Waals surface area contributed by atoms with E-state index in [0.717, 1.165) is 0 Å². The maximum Gasteiger partial charge on any atom is 0.271 e. The van der Waals surface area contributed by atoms with Crippen LogP contribution < -0.4 is 15.2 Å². The number of nitrogens with one attached hydrogen (secondary N) is 1. The van der Waals surface area contributed by atoms with Gasteiger partial charge in [0.25, 0.3) is 5.91 Å². The molecule has 130 valence electrons. The second-order valence-corrected chi connectivity index (χ2v) is 5.13. The van der Waals surface area contributed by atoms with Gasteiger partial charge in [0, 0.05) is 18.0 Å². The van der Waals surface area contributed by atoms with Crippen molar-refractivity contribution in [1.29, 1.82) is 0 Å². The summed E-state index contributed by atoms with van der Waals surface area (Å²) in [5.74, 6) is 0.515. The van der Waals surface area contributed by atoms with Crippen LogP contribution in [0.15, 0.2) is 36.9 Å². The van der Waals surface area contributed by atoms with E-state index in [1.807, 2.05) is 17.7 Å². The number of rotatable bonds is 8. The smallest absolute Gasteiger partial charge is 0.271 e. The summed E-state index contributed by atoms with van der Waals surface area (Å²) in [6, 6.07) is 5.30. The molecule has 0 bridgehead atoms. The van der Waals surface area contributed by atoms with Gasteiger partial charge < -0.3 is 19.8 Å². The molecule has 1 amide bonds. The highest BCUT2D eigenvalue weighted by Gasteiger charge is 2.17. The molecule has 0 atom stereocenters. The van der Waals surface area contributed by atoms with E-state index in [2.05, 4.69) is 20.4 Å². The topological polar surface area (TPSA) is 121 Å². The van der Waals surface area contributed by atoms with Crippen LogP contribution in [0.3, 0.4) is 0 Å². The summed E-state index contributed by atoms with van der Waals surface area (Å²) in [5.41, 5.74) is 6.42. The first-order valence-electron chi connectivity index (χ1n) is 7.75. The fourth-order valence-electron chi connectivity index (χ4n) is 2.33. The third-order valence-electron chi connectivity index (χ3n) is 3.46. The molecule has 2 heterocycles. The molecule has 25 heavy (non-hydrogen) atoms. The van der Waals surface area contributed by atoms with Gasteiger partial charge in [-0.2, -0.15) is 15.4 Å². The summed E-state index contributed by atoms with van der Waals surface area (Å²) in [7, 11) is 0. The fraction of sp³-hybridized carbons (Fsp3) is 0.250. The minimum Gasteiger partial charge on any atom is -0.490 e. The number of ether oxygens (including phenoxy) is 2. The number of imidazole rings is 1. The minimum atomic E-state index is -0.651. The summed E-state index contributed by atoms with van der Waals surface area (Å²) < 4.78 is 13.4. The van der Waals surface area contributed by atoms with Crippen LogP contribution in [-0.2, 0) is 6.54 Å². The molecule has 0 aliphatic carbocycles. The number of aromatic nitrogens is 5. The van der Waals surface area contributed by atoms with E-state index in [-0.39, 0.29) is 5.69 Å². The van der Waals surface area contributed by atoms with Crippen molar-refractivity contribution in [3.05, 3.63) is 42.6 Å². The zero-order valence-electron chi connectivity index (χ0n) is 13.7. The number of H-pyrrole nitrogens is 1. The first-order chi connectivity index (χ1) is 12.2. The molecule has 3 rings (SSSR count). The van der Waals surface area contributed by atoms with Gasteiger partial charge in [-0.3, -0.25) is 4.79 Å². The lowest BCUT2D eigenvalue weighted by molar-refractivity contribution is 0.0996. The van der Waals surface area contributed by atoms with Crippen LogP contribution in [0.2, 0.25) is 0 Å². The van der Waals surface area contributed by atoms with Gasteiger partial charge in [-0.05, 0) is 25.1 Å². The first-order valence-corrected chi connectivity index (χ1v) is 7.75. The predicted molar refractivity (Wildman–Crippen MR) is 89.2 cm³/mol. The molecule has 9 nitrogen and oxygen atoms in total. The van der Waals surface area contributed by atoms with Crippen molar-refractivity contribution in [2.24, 2.45) is 5.73 Å². The van der Waals surface area contributed by atoms with E-state index in [1.165, 1.54) is 0 Å². The molecule has 0 aliphatic heterocycles. The third-order valence-corrected chi connectivity index (χ3v) is 3.46. The van der Waals surface area contributed by atoms with Crippen molar-refractivity contribution in [2.45, 2.75) is 13.5 Å². The average Bonchev–Trinajstić information content (AvgIpc) is 3.27. The van der Waals surface area contributed by atoms with Crippen molar-refractivity contribution in [2.75, 3.05) is 13.2 Å². The number of carbonyl (C=O) groups excluding carboxylic acids is 1. The molecular weight excluding hydrogens is 324 g/mol. The van der Waals surface area contributed by atoms with Crippen LogP contribution in [0.5, 0.6) is 11.5 Å². The number of amides is 1. The number of nitrogens with two attached hydrogens (primary N) is 1. The minimum absolute atomic E-state index is 0.0798. The summed E-state index contributed by atoms with van der Waals surface area (Å²) in [6.45, 7) is 3.49. The SMILES string of the molecule is CCOc1cc(-c2n[nH]nc2C(N)=O)ccc1OCCn1ccnc1. The molecule has 0 aliphatic rings. The average molecular weight is 342 g/mol. The Morgan fingerprint density at radius 1 is 1.28 bits per heavy atom. The Kier molecular flexibility index (Phi) is 4.93. The van der Waals surface area contributed by atoms with Gasteiger partial charge in [-0.25, -0.2) is 4.98 Å². The zero-order valence-corrected chi connectivity index (χ0v) is 13.7. The Labute approximate surface area is 143 Å². The van der Waals surface area contributed by atoms with Gasteiger partial charge in [0.2, 0.25) is 0 Å². The van der Waals surface area contributed by atoms with E-state index in [4.69, 9.17) is 15.2 Å². The monoisotopic (exact) mass is 342 g/mol. The van der Waals surface area contributed by atoms with Gasteiger partial charge in [0.15, 0.2) is 17.2 Å². The number of nitrogens with zero attached hydrogens (tertiary/aromatic N) is 4. The standard InChI is InChI=1S/C16H18N6O3/c1-2-24-13-9-11(14-15(16(17)23)20-21-19-14)3-4-12(13)25-8-7-22-6-5-18-10-22/h3-6,9-10H,2,7-8H2,1H3,(H2,17,23)(H,19,20,21). The van der Waals surface area contributed by atoms with Crippen molar-refractivity contribution in [1.82, 2.24) is 25.0 Å². The van der Waals surface area contributed by atoms with Gasteiger partial charge in [-0.1, -0.05) is 0 Å². The molecule has 9 heteroatoms. The molecule has 3 aromatic rings. The highest BCUT2D eigenvalue weighted by Crippen LogP contribution is 2.33. The molecule has 2 aromatic heterocycles. The number of hydrogen-bond donors (Lipinski definition) is 2. The number of primary amides is 1. The molecule has 0 radical (unpaired) electrons. The summed E-state index contributed by atoms with van der Waals surface area (Å²) in [5, 5.41) is 10.2. The van der Waals surface area contributed by atoms with Crippen molar-refractivity contribution in [3.63, 3.8) is 0 Å². The second kappa shape index (κ2) is 7.47. The third kappa shape index (κ3) is 3.77. The van der Waals surface area contributed by atoms with Crippen molar-refractivity contribution < 1.29 is 14.3 Å². The summed E-state index contributed by atoms with van der Waals surface area (Å²) >= 11 is 0. The van der Waals surface area contributed by atoms with E-state index in [1.54, 1.807) is 30.7 Å². The van der Waals surface area contributed by atoms with Crippen LogP contribution in [0, 0.1) is 0 Å². The molecule has 3 N–H and O–H groups in total. The molecule has 0 saturated heterocycles. The quantitative estimate of drug-likeness (QED) is 0.635. The highest BCUT2D eigenvalue weighted by atomic mass is 16.5. The van der Waals surface area contributed by atoms with E-state index in [0.29, 0.717) is 42.5 Å². The Morgan fingerprint density at radius 3 is 2.88 bits per heavy atom. The summed E-state index contributed by atoms with van der Waals surface area (Å²) in [6.07, 6.45) is 5.31. The van der Waals surface area contributed by atoms with Crippen LogP contribution >= 0.6 is 0 Å². The van der Waals surface area contributed by atoms with Gasteiger partial charge in [-0.15, -0.1) is 0 Å². The maximum absolute atomic E-state index is 11.4. The van der Waals surface area contributed by atoms with Gasteiger partial charge in [0.1, 0.15) is 12.3 Å². The van der Waals surface area contributed by atoms with E-state index in [9.17, 15) is 4.79 Å². The molecule has 1 aromatic carbocycles. The molecule has 0 spiro atoms. The van der Waals surface area contributed by atoms with Crippen LogP contribution in [0.4, 0.5) is 0 Å². The van der Waals surface area contributed by atoms with E-state index < -0.39 is 5.91 Å². The molecular formula is C16H18N6O3. The number of carbonyl (C=O) groups is 1. The van der Waals surface area contributed by atoms with Crippen molar-refractivity contribution >= 4 is 5.91 Å². The Hall–Kier alpha value is -3.36. The van der Waals surface area contributed by atoms with Crippen molar-refractivity contribution in [3.8, 4) is 22.8 Å². The number of benzene rings is 1. The molecule has 0 saturated carbocycles. The predicted octanol–water partition coefficient (Wildman–Crippen LogP) is 1.24. The fourth-order valence-corrected chi connectivity index (χ4v) is 2.33. The molecule has 0 fully saturated rings. The Bertz CT molecular complexity index is 843. The zero-order chi connectivity index (χ0) is 17.6. The van der Waals surface area contributed by atoms with Gasteiger partial charge in [0.05, 0.1) is 19.5 Å². The first kappa shape index (κ1) is 16.5. The Balaban J connectivity index is 1.80. The normalized spacial score (nSPS) is 10.6. The largest absolute Gasteiger partial charge is 0.490 e. The second-order valence-electron chi connectivity index (χ2n) is 5.13. The van der Waals surface area contributed by atoms with Crippen LogP contribution in [-0.4, -0.2) is 44.1 Å². The van der Waals surface area contributed by atoms with Crippen LogP contribution in [0.25, 0.3) is 11.3 Å². The van der Waals surface area contributed by atoms with Crippen LogP contribution in [0.1, 0.15) is 17.4 Å². The molecule has 0 unspecified atom stereocenters. The Morgan fingerprint density at radius 2 is 2.16 bits per heavy atom. The van der Waals surface area contributed by atoms with Gasteiger partial charge >= 0.3 is 0 Å². The lowest BCUT2D eigenvalue weighted by Crippen LogP contribution is -2.12. The highest BCUT2D eigenvalue weighted by molar-refractivity contribution is 5.96. The summed E-state index contributed by atoms with van der Waals surface area (Å²) in [4.78, 5) is 15.4. The lowest BCUT2D eigenvalue weighted by atomic mass is 10.1. The number of aromatic amines is 1. The van der Waals surface area contributed by atoms with E-state index >= 15 is 0 Å². The lowest BCUT2D eigenvalue weighted by Gasteiger charge is -2.13.